The maximum absolute atomic E-state index is 12.3. The van der Waals surface area contributed by atoms with Crippen molar-refractivity contribution in [2.24, 2.45) is 0 Å². The van der Waals surface area contributed by atoms with Gasteiger partial charge in [-0.05, 0) is 0 Å². The van der Waals surface area contributed by atoms with Gasteiger partial charge in [0, 0.05) is 13.1 Å². The summed E-state index contributed by atoms with van der Waals surface area (Å²) in [6.45, 7) is 0.351. The van der Waals surface area contributed by atoms with E-state index in [2.05, 4.69) is 0 Å². The summed E-state index contributed by atoms with van der Waals surface area (Å²) < 4.78 is 36.7. The van der Waals surface area contributed by atoms with Gasteiger partial charge in [-0.3, -0.25) is 0 Å². The molecule has 1 atom stereocenters. The van der Waals surface area contributed by atoms with Crippen LogP contribution in [0.2, 0.25) is 0 Å². The maximum Gasteiger partial charge on any atom is 0.349 e. The molecule has 0 radical (unpaired) electrons. The fourth-order valence-corrected chi connectivity index (χ4v) is 0.586. The van der Waals surface area contributed by atoms with Crippen molar-refractivity contribution in [3.05, 3.63) is 0 Å². The van der Waals surface area contributed by atoms with E-state index in [4.69, 9.17) is 5.26 Å². The van der Waals surface area contributed by atoms with E-state index in [1.54, 1.807) is 0 Å². The van der Waals surface area contributed by atoms with Gasteiger partial charge in [0.05, 0.1) is 0 Å². The van der Waals surface area contributed by atoms with Gasteiger partial charge in [0.2, 0.25) is 0 Å². The van der Waals surface area contributed by atoms with Crippen LogP contribution < -0.4 is 0 Å². The molecule has 10 heavy (non-hydrogen) atoms. The average Bonchev–Trinajstić information content (AvgIpc) is 2.66. The molecular formula is C5H5F3N2. The summed E-state index contributed by atoms with van der Waals surface area (Å²) in [5, 5.41) is 7.82. The first-order valence-electron chi connectivity index (χ1n) is 2.75. The van der Waals surface area contributed by atoms with Crippen LogP contribution in [-0.4, -0.2) is 30.2 Å². The van der Waals surface area contributed by atoms with Crippen LogP contribution in [0.25, 0.3) is 0 Å². The van der Waals surface area contributed by atoms with E-state index in [1.807, 2.05) is 0 Å². The molecule has 0 spiro atoms. The third kappa shape index (κ3) is 1.07. The molecule has 0 aromatic carbocycles. The van der Waals surface area contributed by atoms with E-state index in [9.17, 15) is 13.2 Å². The Bertz CT molecular complexity index is 170. The van der Waals surface area contributed by atoms with Gasteiger partial charge in [-0.15, -0.1) is 0 Å². The molecule has 0 aliphatic carbocycles. The highest BCUT2D eigenvalue weighted by atomic mass is 19.3. The van der Waals surface area contributed by atoms with Crippen molar-refractivity contribution in [3.63, 3.8) is 0 Å². The molecule has 0 aromatic rings. The van der Waals surface area contributed by atoms with Crippen LogP contribution in [0.5, 0.6) is 0 Å². The Kier molecular flexibility index (Phi) is 1.57. The van der Waals surface area contributed by atoms with Gasteiger partial charge >= 0.3 is 6.05 Å². The summed E-state index contributed by atoms with van der Waals surface area (Å²) in [7, 11) is 0. The van der Waals surface area contributed by atoms with Crippen molar-refractivity contribution in [1.82, 2.24) is 4.90 Å². The molecule has 1 unspecified atom stereocenters. The van der Waals surface area contributed by atoms with Crippen molar-refractivity contribution >= 4 is 0 Å². The normalized spacial score (nSPS) is 21.8. The van der Waals surface area contributed by atoms with E-state index < -0.39 is 12.2 Å². The molecule has 1 fully saturated rings. The molecule has 1 aliphatic rings. The van der Waals surface area contributed by atoms with Crippen molar-refractivity contribution < 1.29 is 13.2 Å². The topological polar surface area (TPSA) is 26.8 Å². The first-order valence-corrected chi connectivity index (χ1v) is 2.75. The fourth-order valence-electron chi connectivity index (χ4n) is 0.586. The second kappa shape index (κ2) is 2.13. The highest BCUT2D eigenvalue weighted by molar-refractivity contribution is 4.97. The molecule has 1 saturated heterocycles. The Hall–Kier alpha value is -0.760. The van der Waals surface area contributed by atoms with Crippen LogP contribution in [0.3, 0.4) is 0 Å². The highest BCUT2D eigenvalue weighted by Gasteiger charge is 2.51. The molecular weight excluding hydrogens is 145 g/mol. The summed E-state index contributed by atoms with van der Waals surface area (Å²) in [5.74, 6) is 0. The van der Waals surface area contributed by atoms with E-state index in [1.165, 1.54) is 0 Å². The van der Waals surface area contributed by atoms with Crippen LogP contribution in [0.15, 0.2) is 0 Å². The summed E-state index contributed by atoms with van der Waals surface area (Å²) in [6, 6.07) is -2.71. The average molecular weight is 150 g/mol. The minimum absolute atomic E-state index is 0.176. The Morgan fingerprint density at radius 2 is 2.00 bits per heavy atom. The zero-order valence-corrected chi connectivity index (χ0v) is 5.02. The van der Waals surface area contributed by atoms with Crippen molar-refractivity contribution in [2.45, 2.75) is 12.2 Å². The summed E-state index contributed by atoms with van der Waals surface area (Å²) >= 11 is 0. The lowest BCUT2D eigenvalue weighted by Crippen LogP contribution is -2.37. The lowest BCUT2D eigenvalue weighted by molar-refractivity contribution is -0.129. The maximum atomic E-state index is 12.3. The monoisotopic (exact) mass is 150 g/mol. The van der Waals surface area contributed by atoms with Gasteiger partial charge in [-0.2, -0.15) is 14.0 Å². The first kappa shape index (κ1) is 7.35. The van der Waals surface area contributed by atoms with Crippen LogP contribution in [0.4, 0.5) is 13.2 Å². The van der Waals surface area contributed by atoms with Gasteiger partial charge in [0.15, 0.2) is 0 Å². The minimum Gasteiger partial charge on any atom is -0.239 e. The second-order valence-corrected chi connectivity index (χ2v) is 2.07. The largest absolute Gasteiger partial charge is 0.349 e. The molecule has 56 valence electrons. The van der Waals surface area contributed by atoms with Gasteiger partial charge in [-0.25, -0.2) is 9.29 Å². The van der Waals surface area contributed by atoms with Gasteiger partial charge in [-0.1, -0.05) is 0 Å². The van der Waals surface area contributed by atoms with Gasteiger partial charge in [0.1, 0.15) is 6.07 Å². The third-order valence-corrected chi connectivity index (χ3v) is 1.29. The van der Waals surface area contributed by atoms with E-state index in [0.717, 1.165) is 6.07 Å². The van der Waals surface area contributed by atoms with E-state index in [-0.39, 0.29) is 13.1 Å². The lowest BCUT2D eigenvalue weighted by atomic mass is 10.3. The zero-order valence-electron chi connectivity index (χ0n) is 5.02. The SMILES string of the molecule is N#CC(F)C(F)(F)N1CC1. The van der Waals surface area contributed by atoms with E-state index >= 15 is 0 Å². The van der Waals surface area contributed by atoms with Crippen LogP contribution >= 0.6 is 0 Å². The fraction of sp³-hybridized carbons (Fsp3) is 0.800. The lowest BCUT2D eigenvalue weighted by Gasteiger charge is -2.15. The smallest absolute Gasteiger partial charge is 0.239 e. The summed E-state index contributed by atoms with van der Waals surface area (Å²) in [5.41, 5.74) is 0. The Morgan fingerprint density at radius 3 is 2.30 bits per heavy atom. The molecule has 0 N–H and O–H groups in total. The second-order valence-electron chi connectivity index (χ2n) is 2.07. The summed E-state index contributed by atoms with van der Waals surface area (Å²) in [4.78, 5) is 0.612. The number of hydrogen-bond acceptors (Lipinski definition) is 2. The van der Waals surface area contributed by atoms with Crippen LogP contribution in [-0.2, 0) is 0 Å². The Morgan fingerprint density at radius 1 is 1.50 bits per heavy atom. The van der Waals surface area contributed by atoms with Gasteiger partial charge in [0.25, 0.3) is 6.17 Å². The highest BCUT2D eigenvalue weighted by Crippen LogP contribution is 2.30. The van der Waals surface area contributed by atoms with Crippen LogP contribution in [0, 0.1) is 11.3 Å². The molecule has 1 heterocycles. The molecule has 1 rings (SSSR count). The number of halogens is 3. The summed E-state index contributed by atoms with van der Waals surface area (Å²) in [6.07, 6.45) is -2.70. The molecule has 0 amide bonds. The van der Waals surface area contributed by atoms with Crippen molar-refractivity contribution in [3.8, 4) is 6.07 Å². The minimum atomic E-state index is -3.57. The predicted molar refractivity (Wildman–Crippen MR) is 27.0 cm³/mol. The number of alkyl halides is 3. The molecule has 2 nitrogen and oxygen atoms in total. The molecule has 1 aliphatic heterocycles. The number of nitriles is 1. The number of nitrogens with zero attached hydrogens (tertiary/aromatic N) is 2. The van der Waals surface area contributed by atoms with Crippen molar-refractivity contribution in [1.29, 1.82) is 5.26 Å². The van der Waals surface area contributed by atoms with Crippen molar-refractivity contribution in [2.75, 3.05) is 13.1 Å². The number of rotatable bonds is 2. The van der Waals surface area contributed by atoms with E-state index in [0.29, 0.717) is 4.90 Å². The van der Waals surface area contributed by atoms with Crippen LogP contribution in [0.1, 0.15) is 0 Å². The van der Waals surface area contributed by atoms with Gasteiger partial charge < -0.3 is 0 Å². The molecule has 5 heteroatoms. The Labute approximate surface area is 55.8 Å². The molecule has 0 aromatic heterocycles. The quantitative estimate of drug-likeness (QED) is 0.429. The molecule has 0 bridgehead atoms. The number of hydrogen-bond donors (Lipinski definition) is 0. The first-order chi connectivity index (χ1) is 4.59. The predicted octanol–water partition coefficient (Wildman–Crippen LogP) is 0.756. The third-order valence-electron chi connectivity index (χ3n) is 1.29. The Balaban J connectivity index is 2.58. The molecule has 0 saturated carbocycles. The standard InChI is InChI=1S/C5H5F3N2/c6-4(3-9)5(7,8)10-1-2-10/h4H,1-2H2. The zero-order chi connectivity index (χ0) is 7.78.